The summed E-state index contributed by atoms with van der Waals surface area (Å²) in [5.74, 6) is 0.905. The third-order valence-electron chi connectivity index (χ3n) is 5.78. The summed E-state index contributed by atoms with van der Waals surface area (Å²) in [7, 11) is 2.11. The first-order valence-electron chi connectivity index (χ1n) is 9.97. The molecule has 4 heterocycles. The van der Waals surface area contributed by atoms with Crippen molar-refractivity contribution in [2.75, 3.05) is 18.5 Å². The van der Waals surface area contributed by atoms with Crippen molar-refractivity contribution in [3.63, 3.8) is 0 Å². The van der Waals surface area contributed by atoms with Gasteiger partial charge in [0.25, 0.3) is 0 Å². The van der Waals surface area contributed by atoms with Crippen molar-refractivity contribution in [2.45, 2.75) is 31.8 Å². The van der Waals surface area contributed by atoms with E-state index >= 15 is 0 Å². The Morgan fingerprint density at radius 1 is 1.17 bits per heavy atom. The van der Waals surface area contributed by atoms with E-state index in [-0.39, 0.29) is 0 Å². The van der Waals surface area contributed by atoms with Gasteiger partial charge in [-0.2, -0.15) is 10.2 Å². The van der Waals surface area contributed by atoms with Crippen molar-refractivity contribution < 1.29 is 0 Å². The molecule has 1 aliphatic rings. The van der Waals surface area contributed by atoms with Crippen molar-refractivity contribution in [1.29, 1.82) is 0 Å². The molecule has 0 spiro atoms. The van der Waals surface area contributed by atoms with Crippen LogP contribution >= 0.6 is 0 Å². The number of fused-ring (bicyclic) bond motifs is 1. The number of benzene rings is 1. The third kappa shape index (κ3) is 3.25. The summed E-state index contributed by atoms with van der Waals surface area (Å²) in [5.41, 5.74) is 3.71. The van der Waals surface area contributed by atoms with Gasteiger partial charge in [-0.3, -0.25) is 5.10 Å². The number of nitrogens with zero attached hydrogens (tertiary/aromatic N) is 6. The Morgan fingerprint density at radius 2 is 2.10 bits per heavy atom. The van der Waals surface area contributed by atoms with Gasteiger partial charge in [0, 0.05) is 42.5 Å². The lowest BCUT2D eigenvalue weighted by Gasteiger charge is -2.35. The molecule has 1 aliphatic heterocycles. The molecule has 2 N–H and O–H groups in total. The van der Waals surface area contributed by atoms with Crippen LogP contribution < -0.4 is 10.2 Å². The number of anilines is 1. The van der Waals surface area contributed by atoms with E-state index in [9.17, 15) is 0 Å². The van der Waals surface area contributed by atoms with Crippen LogP contribution in [0.4, 0.5) is 5.82 Å². The van der Waals surface area contributed by atoms with Crippen LogP contribution in [0.5, 0.6) is 0 Å². The topological polar surface area (TPSA) is 87.6 Å². The lowest BCUT2D eigenvalue weighted by Crippen LogP contribution is -2.45. The number of hydrogen-bond donors (Lipinski definition) is 2. The number of piperidine rings is 1. The van der Waals surface area contributed by atoms with E-state index in [0.717, 1.165) is 53.1 Å². The van der Waals surface area contributed by atoms with Crippen molar-refractivity contribution in [3.05, 3.63) is 48.9 Å². The smallest absolute Gasteiger partial charge is 0.151 e. The summed E-state index contributed by atoms with van der Waals surface area (Å²) >= 11 is 0. The number of hydrogen-bond acceptors (Lipinski definition) is 6. The highest BCUT2D eigenvalue weighted by Crippen LogP contribution is 2.30. The highest BCUT2D eigenvalue weighted by atomic mass is 15.3. The van der Waals surface area contributed by atoms with Crippen LogP contribution in [0.25, 0.3) is 27.8 Å². The zero-order chi connectivity index (χ0) is 19.8. The van der Waals surface area contributed by atoms with Crippen LogP contribution in [0.3, 0.4) is 0 Å². The summed E-state index contributed by atoms with van der Waals surface area (Å²) < 4.78 is 1.84. The maximum Gasteiger partial charge on any atom is 0.151 e. The monoisotopic (exact) mass is 388 g/mol. The first-order valence-corrected chi connectivity index (χ1v) is 9.97. The average Bonchev–Trinajstić information content (AvgIpc) is 3.45. The molecule has 148 valence electrons. The van der Waals surface area contributed by atoms with E-state index in [0.29, 0.717) is 12.1 Å². The van der Waals surface area contributed by atoms with Gasteiger partial charge in [0.2, 0.25) is 0 Å². The van der Waals surface area contributed by atoms with Crippen molar-refractivity contribution in [3.8, 4) is 16.9 Å². The van der Waals surface area contributed by atoms with E-state index in [1.807, 2.05) is 41.3 Å². The molecule has 0 amide bonds. The second-order valence-electron chi connectivity index (χ2n) is 7.66. The maximum absolute atomic E-state index is 4.53. The Morgan fingerprint density at radius 3 is 2.86 bits per heavy atom. The predicted molar refractivity (Wildman–Crippen MR) is 113 cm³/mol. The summed E-state index contributed by atoms with van der Waals surface area (Å²) in [6.07, 6.45) is 7.75. The Hall–Kier alpha value is -3.26. The SMILES string of the molecule is C[C@@H]1CC(N(C)c2ccc(-c3ccc(-n4cccn4)c4cn[nH]c34)nn2)CCN1. The highest BCUT2D eigenvalue weighted by Gasteiger charge is 2.23. The largest absolute Gasteiger partial charge is 0.355 e. The first-order chi connectivity index (χ1) is 14.2. The molecule has 1 unspecified atom stereocenters. The lowest BCUT2D eigenvalue weighted by atomic mass is 9.99. The molecule has 5 rings (SSSR count). The van der Waals surface area contributed by atoms with Crippen LogP contribution in [0.1, 0.15) is 19.8 Å². The molecule has 1 aromatic carbocycles. The fraction of sp³-hybridized carbons (Fsp3) is 0.333. The molecule has 0 aliphatic carbocycles. The molecule has 1 saturated heterocycles. The van der Waals surface area contributed by atoms with Gasteiger partial charge in [-0.15, -0.1) is 10.2 Å². The van der Waals surface area contributed by atoms with Crippen LogP contribution in [-0.2, 0) is 0 Å². The summed E-state index contributed by atoms with van der Waals surface area (Å²) in [5, 5.41) is 25.2. The molecular weight excluding hydrogens is 364 g/mol. The fourth-order valence-electron chi connectivity index (χ4n) is 4.15. The molecule has 29 heavy (non-hydrogen) atoms. The standard InChI is InChI=1S/C21H24N8/c1-14-12-15(8-10-22-14)28(2)20-7-5-18(25-26-20)16-4-6-19(29-11-3-9-24-29)17-13-23-27-21(16)17/h3-7,9,11,13-15,22H,8,10,12H2,1-2H3,(H,23,27)/t14-,15?/m1/s1. The van der Waals surface area contributed by atoms with Gasteiger partial charge >= 0.3 is 0 Å². The number of nitrogens with one attached hydrogen (secondary N) is 2. The van der Waals surface area contributed by atoms with Crippen molar-refractivity contribution in [2.24, 2.45) is 0 Å². The highest BCUT2D eigenvalue weighted by molar-refractivity contribution is 5.97. The van der Waals surface area contributed by atoms with Gasteiger partial charge in [0.05, 0.1) is 23.1 Å². The lowest BCUT2D eigenvalue weighted by molar-refractivity contribution is 0.370. The Bertz CT molecular complexity index is 1100. The summed E-state index contributed by atoms with van der Waals surface area (Å²) in [6.45, 7) is 3.28. The molecule has 8 nitrogen and oxygen atoms in total. The Balaban J connectivity index is 1.45. The molecule has 0 saturated carbocycles. The number of aromatic amines is 1. The minimum absolute atomic E-state index is 0.485. The van der Waals surface area contributed by atoms with Gasteiger partial charge in [-0.1, -0.05) is 0 Å². The van der Waals surface area contributed by atoms with E-state index in [4.69, 9.17) is 0 Å². The molecule has 0 bridgehead atoms. The minimum Gasteiger partial charge on any atom is -0.355 e. The summed E-state index contributed by atoms with van der Waals surface area (Å²) in [6, 6.07) is 11.1. The van der Waals surface area contributed by atoms with Crippen LogP contribution in [-0.4, -0.2) is 55.9 Å². The molecule has 3 aromatic heterocycles. The van der Waals surface area contributed by atoms with E-state index in [2.05, 4.69) is 55.7 Å². The van der Waals surface area contributed by atoms with Crippen molar-refractivity contribution in [1.82, 2.24) is 35.5 Å². The van der Waals surface area contributed by atoms with Gasteiger partial charge in [-0.25, -0.2) is 4.68 Å². The minimum atomic E-state index is 0.485. The van der Waals surface area contributed by atoms with Gasteiger partial charge in [0.15, 0.2) is 5.82 Å². The van der Waals surface area contributed by atoms with Crippen LogP contribution in [0, 0.1) is 0 Å². The van der Waals surface area contributed by atoms with Gasteiger partial charge in [0.1, 0.15) is 0 Å². The van der Waals surface area contributed by atoms with Crippen LogP contribution in [0.2, 0.25) is 0 Å². The maximum atomic E-state index is 4.53. The molecule has 1 fully saturated rings. The second-order valence-corrected chi connectivity index (χ2v) is 7.66. The number of aromatic nitrogens is 6. The molecule has 2 atom stereocenters. The van der Waals surface area contributed by atoms with Gasteiger partial charge < -0.3 is 10.2 Å². The normalized spacial score (nSPS) is 19.5. The Kier molecular flexibility index (Phi) is 4.48. The predicted octanol–water partition coefficient (Wildman–Crippen LogP) is 2.78. The quantitative estimate of drug-likeness (QED) is 0.559. The fourth-order valence-corrected chi connectivity index (χ4v) is 4.15. The van der Waals surface area contributed by atoms with Crippen LogP contribution in [0.15, 0.2) is 48.9 Å². The van der Waals surface area contributed by atoms with Crippen molar-refractivity contribution >= 4 is 16.7 Å². The van der Waals surface area contributed by atoms with E-state index < -0.39 is 0 Å². The molecule has 4 aromatic rings. The second kappa shape index (κ2) is 7.29. The first kappa shape index (κ1) is 17.8. The summed E-state index contributed by atoms with van der Waals surface area (Å²) in [4.78, 5) is 2.25. The zero-order valence-electron chi connectivity index (χ0n) is 16.6. The molecule has 0 radical (unpaired) electrons. The molecule has 8 heteroatoms. The third-order valence-corrected chi connectivity index (χ3v) is 5.78. The number of H-pyrrole nitrogens is 1. The number of rotatable bonds is 4. The Labute approximate surface area is 168 Å². The van der Waals surface area contributed by atoms with E-state index in [1.165, 1.54) is 0 Å². The zero-order valence-corrected chi connectivity index (χ0v) is 16.6. The van der Waals surface area contributed by atoms with Gasteiger partial charge in [-0.05, 0) is 56.6 Å². The molecular formula is C21H24N8. The van der Waals surface area contributed by atoms with E-state index in [1.54, 1.807) is 6.20 Å². The average molecular weight is 388 g/mol.